The Bertz CT molecular complexity index is 1070. The van der Waals surface area contributed by atoms with Crippen LogP contribution in [0.5, 0.6) is 11.5 Å². The molecule has 0 aliphatic rings. The lowest BCUT2D eigenvalue weighted by atomic mass is 10.2. The normalized spacial score (nSPS) is 10.9. The molecule has 0 saturated carbocycles. The molecule has 0 atom stereocenters. The average molecular weight is 409 g/mol. The Morgan fingerprint density at radius 1 is 1.10 bits per heavy atom. The molecule has 1 amide bonds. The molecule has 3 rings (SSSR count). The maximum Gasteiger partial charge on any atom is 0.325 e. The van der Waals surface area contributed by atoms with Crippen LogP contribution in [0.3, 0.4) is 0 Å². The minimum Gasteiger partial charge on any atom is -0.497 e. The van der Waals surface area contributed by atoms with Crippen molar-refractivity contribution >= 4 is 29.0 Å². The predicted octanol–water partition coefficient (Wildman–Crippen LogP) is 2.99. The number of methoxy groups -OCH3 is 2. The molecule has 0 bridgehead atoms. The molecule has 0 aliphatic carbocycles. The van der Waals surface area contributed by atoms with Gasteiger partial charge in [0.05, 0.1) is 27.0 Å². The van der Waals surface area contributed by atoms with Crippen LogP contribution in [-0.4, -0.2) is 43.5 Å². The van der Waals surface area contributed by atoms with E-state index in [1.165, 1.54) is 14.2 Å². The number of para-hydroxylation sites is 1. The first-order valence-corrected chi connectivity index (χ1v) is 9.35. The molecule has 1 aromatic heterocycles. The minimum absolute atomic E-state index is 0.0954. The number of ether oxygens (including phenoxy) is 3. The van der Waals surface area contributed by atoms with Crippen LogP contribution in [0.2, 0.25) is 0 Å². The van der Waals surface area contributed by atoms with E-state index in [1.54, 1.807) is 42.1 Å². The number of aromatic nitrogens is 1. The largest absolute Gasteiger partial charge is 0.497 e. The summed E-state index contributed by atoms with van der Waals surface area (Å²) < 4.78 is 17.2. The molecule has 8 nitrogen and oxygen atoms in total. The monoisotopic (exact) mass is 409 g/mol. The molecule has 30 heavy (non-hydrogen) atoms. The van der Waals surface area contributed by atoms with Crippen LogP contribution in [0.4, 0.5) is 0 Å². The number of rotatable bonds is 8. The number of esters is 1. The Morgan fingerprint density at radius 2 is 1.80 bits per heavy atom. The van der Waals surface area contributed by atoms with Crippen LogP contribution in [-0.2, 0) is 16.1 Å². The fourth-order valence-corrected chi connectivity index (χ4v) is 3.02. The highest BCUT2D eigenvalue weighted by atomic mass is 16.5. The van der Waals surface area contributed by atoms with Crippen LogP contribution in [0.25, 0.3) is 10.9 Å². The van der Waals surface area contributed by atoms with Crippen molar-refractivity contribution in [2.24, 2.45) is 5.10 Å². The maximum atomic E-state index is 12.5. The number of hydrogen-bond acceptors (Lipinski definition) is 6. The summed E-state index contributed by atoms with van der Waals surface area (Å²) in [5, 5.41) is 4.98. The number of benzene rings is 2. The first-order valence-electron chi connectivity index (χ1n) is 9.35. The number of carbonyl (C=O) groups excluding carboxylic acids is 2. The lowest BCUT2D eigenvalue weighted by Gasteiger charge is -2.07. The maximum absolute atomic E-state index is 12.5. The number of fused-ring (bicyclic) bond motifs is 1. The van der Waals surface area contributed by atoms with Crippen LogP contribution in [0.15, 0.2) is 53.8 Å². The van der Waals surface area contributed by atoms with E-state index in [1.807, 2.05) is 24.3 Å². The van der Waals surface area contributed by atoms with E-state index < -0.39 is 5.91 Å². The van der Waals surface area contributed by atoms with E-state index in [2.05, 4.69) is 10.5 Å². The molecule has 0 unspecified atom stereocenters. The van der Waals surface area contributed by atoms with Crippen molar-refractivity contribution in [3.8, 4) is 11.5 Å². The highest BCUT2D eigenvalue weighted by Gasteiger charge is 2.12. The van der Waals surface area contributed by atoms with Crippen molar-refractivity contribution in [3.05, 3.63) is 59.8 Å². The van der Waals surface area contributed by atoms with Gasteiger partial charge in [-0.1, -0.05) is 18.2 Å². The second-order valence-electron chi connectivity index (χ2n) is 6.33. The SMILES string of the molecule is CCOC(=O)Cn1cc(/C=N\NC(=O)c2cc(OC)cc(OC)c2)c2ccccc21. The molecule has 0 saturated heterocycles. The average Bonchev–Trinajstić information content (AvgIpc) is 3.10. The number of nitrogens with one attached hydrogen (secondary N) is 1. The number of nitrogens with zero attached hydrogens (tertiary/aromatic N) is 2. The smallest absolute Gasteiger partial charge is 0.325 e. The fourth-order valence-electron chi connectivity index (χ4n) is 3.02. The highest BCUT2D eigenvalue weighted by Crippen LogP contribution is 2.23. The third-order valence-corrected chi connectivity index (χ3v) is 4.41. The summed E-state index contributed by atoms with van der Waals surface area (Å²) in [6.07, 6.45) is 3.34. The van der Waals surface area contributed by atoms with Crippen molar-refractivity contribution in [2.45, 2.75) is 13.5 Å². The van der Waals surface area contributed by atoms with Crippen molar-refractivity contribution in [1.29, 1.82) is 0 Å². The molecule has 0 aliphatic heterocycles. The Morgan fingerprint density at radius 3 is 2.47 bits per heavy atom. The van der Waals surface area contributed by atoms with Crippen molar-refractivity contribution in [2.75, 3.05) is 20.8 Å². The molecule has 0 spiro atoms. The van der Waals surface area contributed by atoms with Crippen molar-refractivity contribution < 1.29 is 23.8 Å². The van der Waals surface area contributed by atoms with Crippen LogP contribution >= 0.6 is 0 Å². The Labute approximate surface area is 174 Å². The third kappa shape index (κ3) is 4.78. The van der Waals surface area contributed by atoms with Crippen LogP contribution in [0.1, 0.15) is 22.8 Å². The second-order valence-corrected chi connectivity index (χ2v) is 6.33. The topological polar surface area (TPSA) is 91.2 Å². The van der Waals surface area contributed by atoms with E-state index in [4.69, 9.17) is 14.2 Å². The van der Waals surface area contributed by atoms with Gasteiger partial charge in [0.1, 0.15) is 18.0 Å². The summed E-state index contributed by atoms with van der Waals surface area (Å²) >= 11 is 0. The van der Waals surface area contributed by atoms with Gasteiger partial charge >= 0.3 is 5.97 Å². The van der Waals surface area contributed by atoms with Crippen molar-refractivity contribution in [3.63, 3.8) is 0 Å². The van der Waals surface area contributed by atoms with E-state index in [-0.39, 0.29) is 12.5 Å². The van der Waals surface area contributed by atoms with E-state index in [0.29, 0.717) is 23.7 Å². The Hall–Kier alpha value is -3.81. The summed E-state index contributed by atoms with van der Waals surface area (Å²) in [4.78, 5) is 24.3. The summed E-state index contributed by atoms with van der Waals surface area (Å²) in [6, 6.07) is 12.5. The molecule has 2 aromatic carbocycles. The van der Waals surface area contributed by atoms with Crippen molar-refractivity contribution in [1.82, 2.24) is 9.99 Å². The minimum atomic E-state index is -0.404. The number of amides is 1. The third-order valence-electron chi connectivity index (χ3n) is 4.41. The molecule has 3 aromatic rings. The molecule has 0 radical (unpaired) electrons. The zero-order valence-electron chi connectivity index (χ0n) is 17.0. The quantitative estimate of drug-likeness (QED) is 0.351. The summed E-state index contributed by atoms with van der Waals surface area (Å²) in [6.45, 7) is 2.19. The molecule has 0 fully saturated rings. The van der Waals surface area contributed by atoms with E-state index in [9.17, 15) is 9.59 Å². The lowest BCUT2D eigenvalue weighted by molar-refractivity contribution is -0.143. The summed E-state index contributed by atoms with van der Waals surface area (Å²) in [7, 11) is 3.03. The van der Waals surface area contributed by atoms with Gasteiger partial charge in [-0.15, -0.1) is 0 Å². The summed E-state index contributed by atoms with van der Waals surface area (Å²) in [5.74, 6) is 0.289. The molecule has 1 N–H and O–H groups in total. The van der Waals surface area contributed by atoms with Gasteiger partial charge in [-0.2, -0.15) is 5.10 Å². The van der Waals surface area contributed by atoms with E-state index in [0.717, 1.165) is 16.5 Å². The van der Waals surface area contributed by atoms with Gasteiger partial charge in [0.25, 0.3) is 5.91 Å². The molecule has 1 heterocycles. The Kier molecular flexibility index (Phi) is 6.69. The second kappa shape index (κ2) is 9.60. The molecule has 8 heteroatoms. The van der Waals surface area contributed by atoms with Gasteiger partial charge in [-0.25, -0.2) is 5.43 Å². The zero-order chi connectivity index (χ0) is 21.5. The van der Waals surface area contributed by atoms with Gasteiger partial charge in [0, 0.05) is 34.3 Å². The number of carbonyl (C=O) groups is 2. The number of hydrazone groups is 1. The van der Waals surface area contributed by atoms with Gasteiger partial charge < -0.3 is 18.8 Å². The standard InChI is InChI=1S/C22H23N3O5/c1-4-30-21(26)14-25-13-16(19-7-5-6-8-20(19)25)12-23-24-22(27)15-9-17(28-2)11-18(10-15)29-3/h5-13H,4,14H2,1-3H3,(H,24,27)/b23-12-. The highest BCUT2D eigenvalue weighted by molar-refractivity contribution is 6.01. The first kappa shape index (κ1) is 20.9. The summed E-state index contributed by atoms with van der Waals surface area (Å²) in [5.41, 5.74) is 4.49. The first-order chi connectivity index (χ1) is 14.5. The molecular weight excluding hydrogens is 386 g/mol. The van der Waals surface area contributed by atoms with Gasteiger partial charge in [-0.05, 0) is 25.1 Å². The van der Waals surface area contributed by atoms with Gasteiger partial charge in [-0.3, -0.25) is 9.59 Å². The van der Waals surface area contributed by atoms with Gasteiger partial charge in [0.2, 0.25) is 0 Å². The van der Waals surface area contributed by atoms with E-state index >= 15 is 0 Å². The molecule has 156 valence electrons. The predicted molar refractivity (Wildman–Crippen MR) is 113 cm³/mol. The Balaban J connectivity index is 1.79. The lowest BCUT2D eigenvalue weighted by Crippen LogP contribution is -2.17. The number of hydrogen-bond donors (Lipinski definition) is 1. The van der Waals surface area contributed by atoms with Crippen LogP contribution < -0.4 is 14.9 Å². The zero-order valence-corrected chi connectivity index (χ0v) is 17.0. The van der Waals surface area contributed by atoms with Crippen LogP contribution in [0, 0.1) is 0 Å². The van der Waals surface area contributed by atoms with Gasteiger partial charge in [0.15, 0.2) is 0 Å². The fraction of sp³-hybridized carbons (Fsp3) is 0.227. The molecular formula is C22H23N3O5.